The Hall–Kier alpha value is -3.03. The molecule has 1 aromatic heterocycles. The Kier molecular flexibility index (Phi) is 7.96. The number of sulfonamides is 1. The second-order valence-corrected chi connectivity index (χ2v) is 11.3. The Labute approximate surface area is 221 Å². The molecule has 3 saturated heterocycles. The highest BCUT2D eigenvalue weighted by Crippen LogP contribution is 2.39. The summed E-state index contributed by atoms with van der Waals surface area (Å²) in [5.41, 5.74) is 0.147. The first kappa shape index (κ1) is 26.6. The Morgan fingerprint density at radius 2 is 1.58 bits per heavy atom. The lowest BCUT2D eigenvalue weighted by molar-refractivity contribution is -0.140. The summed E-state index contributed by atoms with van der Waals surface area (Å²) in [4.78, 5) is 30.0. The first-order chi connectivity index (χ1) is 18.4. The average Bonchev–Trinajstić information content (AvgIpc) is 3.57. The van der Waals surface area contributed by atoms with E-state index in [0.29, 0.717) is 45.2 Å². The number of likely N-dealkylation sites (tertiary alicyclic amines) is 1. The maximum Gasteiger partial charge on any atom is 0.295 e. The van der Waals surface area contributed by atoms with E-state index in [4.69, 9.17) is 13.9 Å². The van der Waals surface area contributed by atoms with Crippen LogP contribution in [0.4, 0.5) is 0 Å². The van der Waals surface area contributed by atoms with Crippen molar-refractivity contribution >= 4 is 27.5 Å². The van der Waals surface area contributed by atoms with Gasteiger partial charge in [0, 0.05) is 44.8 Å². The van der Waals surface area contributed by atoms with Crippen molar-refractivity contribution in [3.05, 3.63) is 59.6 Å². The predicted octanol–water partition coefficient (Wildman–Crippen LogP) is 1.44. The number of morpholine rings is 2. The molecule has 1 aromatic carbocycles. The molecule has 0 bridgehead atoms. The van der Waals surface area contributed by atoms with Crippen LogP contribution >= 0.6 is 0 Å². The van der Waals surface area contributed by atoms with Crippen molar-refractivity contribution in [1.29, 1.82) is 0 Å². The Balaban J connectivity index is 1.40. The van der Waals surface area contributed by atoms with Crippen molar-refractivity contribution in [2.45, 2.75) is 17.4 Å². The topological polar surface area (TPSA) is 130 Å². The van der Waals surface area contributed by atoms with Crippen LogP contribution in [0.2, 0.25) is 0 Å². The number of aliphatic hydroxyl groups is 1. The number of rotatable bonds is 8. The number of furan rings is 1. The van der Waals surface area contributed by atoms with Crippen LogP contribution in [-0.4, -0.2) is 105 Å². The van der Waals surface area contributed by atoms with E-state index in [1.165, 1.54) is 39.7 Å². The molecule has 2 aromatic rings. The molecule has 0 aliphatic carbocycles. The highest BCUT2D eigenvalue weighted by atomic mass is 32.2. The minimum absolute atomic E-state index is 0.0714. The second-order valence-electron chi connectivity index (χ2n) is 9.36. The molecule has 3 aliphatic heterocycles. The van der Waals surface area contributed by atoms with E-state index in [2.05, 4.69) is 4.90 Å². The molecule has 3 aliphatic rings. The van der Waals surface area contributed by atoms with Gasteiger partial charge >= 0.3 is 0 Å². The van der Waals surface area contributed by atoms with E-state index in [0.717, 1.165) is 19.6 Å². The van der Waals surface area contributed by atoms with Crippen LogP contribution in [0.15, 0.2) is 57.5 Å². The van der Waals surface area contributed by atoms with E-state index >= 15 is 0 Å². The van der Waals surface area contributed by atoms with Crippen LogP contribution in [0.5, 0.6) is 0 Å². The van der Waals surface area contributed by atoms with Gasteiger partial charge in [-0.25, -0.2) is 8.42 Å². The number of Topliss-reactive ketones (excluding diaryl/α,β-unsaturated/α-hetero) is 1. The normalized spacial score (nSPS) is 23.3. The number of hydrogen-bond acceptors (Lipinski definition) is 9. The van der Waals surface area contributed by atoms with Crippen LogP contribution < -0.4 is 0 Å². The van der Waals surface area contributed by atoms with Crippen LogP contribution in [0, 0.1) is 0 Å². The summed E-state index contributed by atoms with van der Waals surface area (Å²) >= 11 is 0. The summed E-state index contributed by atoms with van der Waals surface area (Å²) in [6.45, 7) is 5.22. The minimum Gasteiger partial charge on any atom is -0.507 e. The molecule has 204 valence electrons. The van der Waals surface area contributed by atoms with Gasteiger partial charge in [-0.05, 0) is 42.8 Å². The van der Waals surface area contributed by atoms with Gasteiger partial charge in [-0.2, -0.15) is 4.31 Å². The van der Waals surface area contributed by atoms with E-state index in [1.54, 1.807) is 12.1 Å². The zero-order valence-corrected chi connectivity index (χ0v) is 21.8. The van der Waals surface area contributed by atoms with Gasteiger partial charge in [0.25, 0.3) is 11.7 Å². The molecule has 0 radical (unpaired) electrons. The monoisotopic (exact) mass is 545 g/mol. The van der Waals surface area contributed by atoms with Gasteiger partial charge in [0.15, 0.2) is 0 Å². The molecule has 1 N–H and O–H groups in total. The molecule has 12 heteroatoms. The molecule has 1 amide bonds. The summed E-state index contributed by atoms with van der Waals surface area (Å²) in [7, 11) is -3.72. The van der Waals surface area contributed by atoms with Crippen LogP contribution in [0.3, 0.4) is 0 Å². The van der Waals surface area contributed by atoms with Gasteiger partial charge in [-0.1, -0.05) is 0 Å². The summed E-state index contributed by atoms with van der Waals surface area (Å²) in [6, 6.07) is 8.10. The first-order valence-electron chi connectivity index (χ1n) is 12.7. The zero-order valence-electron chi connectivity index (χ0n) is 21.0. The van der Waals surface area contributed by atoms with E-state index in [1.807, 2.05) is 0 Å². The molecule has 38 heavy (non-hydrogen) atoms. The van der Waals surface area contributed by atoms with Gasteiger partial charge < -0.3 is 23.9 Å². The highest BCUT2D eigenvalue weighted by molar-refractivity contribution is 7.89. The summed E-state index contributed by atoms with van der Waals surface area (Å²) < 4.78 is 43.4. The van der Waals surface area contributed by atoms with Crippen LogP contribution in [0.25, 0.3) is 5.76 Å². The molecule has 1 atom stereocenters. The van der Waals surface area contributed by atoms with E-state index < -0.39 is 27.8 Å². The van der Waals surface area contributed by atoms with Crippen molar-refractivity contribution in [3.8, 4) is 0 Å². The van der Waals surface area contributed by atoms with E-state index in [9.17, 15) is 23.1 Å². The van der Waals surface area contributed by atoms with Crippen molar-refractivity contribution < 1.29 is 37.0 Å². The number of carbonyl (C=O) groups is 2. The fraction of sp³-hybridized carbons (Fsp3) is 0.462. The molecule has 11 nitrogen and oxygen atoms in total. The predicted molar refractivity (Wildman–Crippen MR) is 136 cm³/mol. The van der Waals surface area contributed by atoms with Crippen molar-refractivity contribution in [2.24, 2.45) is 0 Å². The third-order valence-electron chi connectivity index (χ3n) is 7.07. The van der Waals surface area contributed by atoms with Gasteiger partial charge in [0.05, 0.1) is 43.2 Å². The van der Waals surface area contributed by atoms with Gasteiger partial charge in [-0.15, -0.1) is 0 Å². The zero-order chi connectivity index (χ0) is 26.7. The van der Waals surface area contributed by atoms with Crippen molar-refractivity contribution in [1.82, 2.24) is 14.1 Å². The van der Waals surface area contributed by atoms with Crippen molar-refractivity contribution in [3.63, 3.8) is 0 Å². The summed E-state index contributed by atoms with van der Waals surface area (Å²) in [6.07, 6.45) is 2.09. The van der Waals surface area contributed by atoms with Gasteiger partial charge in [0.1, 0.15) is 17.6 Å². The number of carbonyl (C=O) groups excluding carboxylic acids is 2. The minimum atomic E-state index is -3.72. The maximum atomic E-state index is 13.1. The van der Waals surface area contributed by atoms with Crippen LogP contribution in [0.1, 0.15) is 23.8 Å². The second kappa shape index (κ2) is 11.4. The number of nitrogens with zero attached hydrogens (tertiary/aromatic N) is 3. The van der Waals surface area contributed by atoms with Gasteiger partial charge in [0.2, 0.25) is 10.0 Å². The molecule has 0 spiro atoms. The smallest absolute Gasteiger partial charge is 0.295 e. The molecule has 5 rings (SSSR count). The quantitative estimate of drug-likeness (QED) is 0.298. The number of ether oxygens (including phenoxy) is 2. The fourth-order valence-corrected chi connectivity index (χ4v) is 6.43. The van der Waals surface area contributed by atoms with E-state index in [-0.39, 0.29) is 34.9 Å². The lowest BCUT2D eigenvalue weighted by Crippen LogP contribution is -2.40. The lowest BCUT2D eigenvalue weighted by atomic mass is 9.99. The number of hydrogen-bond donors (Lipinski definition) is 1. The Bertz CT molecular complexity index is 1280. The summed E-state index contributed by atoms with van der Waals surface area (Å²) in [5.74, 6) is -1.53. The molecular formula is C26H31N3O8S. The maximum absolute atomic E-state index is 13.1. The number of aliphatic hydroxyl groups excluding tert-OH is 1. The molecule has 3 fully saturated rings. The fourth-order valence-electron chi connectivity index (χ4n) is 5.02. The first-order valence-corrected chi connectivity index (χ1v) is 14.1. The van der Waals surface area contributed by atoms with Crippen molar-refractivity contribution in [2.75, 3.05) is 65.7 Å². The Morgan fingerprint density at radius 3 is 2.21 bits per heavy atom. The highest BCUT2D eigenvalue weighted by Gasteiger charge is 2.47. The molecule has 4 heterocycles. The van der Waals surface area contributed by atoms with Gasteiger partial charge in [-0.3, -0.25) is 14.5 Å². The third-order valence-corrected chi connectivity index (χ3v) is 8.98. The third kappa shape index (κ3) is 5.27. The molecular weight excluding hydrogens is 514 g/mol. The SMILES string of the molecule is O=C1C(=O)N(CCCN2CCOCC2)C(c2ccco2)/C1=C(/O)c1ccc(S(=O)(=O)N2CCOCC2)cc1. The standard InChI is InChI=1S/C26H31N3O8S/c30-24(19-4-6-20(7-5-19)38(33,34)28-12-17-36-18-13-28)22-23(21-3-1-14-37-21)29(26(32)25(22)31)9-2-8-27-10-15-35-16-11-27/h1,3-7,14,23,30H,2,8-13,15-18H2/b24-22-. The number of ketones is 1. The molecule has 1 unspecified atom stereocenters. The Morgan fingerprint density at radius 1 is 0.921 bits per heavy atom. The average molecular weight is 546 g/mol. The summed E-state index contributed by atoms with van der Waals surface area (Å²) in [5, 5.41) is 11.2. The number of benzene rings is 1. The van der Waals surface area contributed by atoms with Crippen LogP contribution in [-0.2, 0) is 29.1 Å². The number of amides is 1. The molecule has 0 saturated carbocycles. The largest absolute Gasteiger partial charge is 0.507 e. The lowest BCUT2D eigenvalue weighted by Gasteiger charge is -2.28.